The minimum atomic E-state index is 0.705. The summed E-state index contributed by atoms with van der Waals surface area (Å²) in [5.41, 5.74) is 1.18. The molecular weight excluding hydrogens is 346 g/mol. The van der Waals surface area contributed by atoms with Crippen molar-refractivity contribution in [1.29, 1.82) is 0 Å². The first kappa shape index (κ1) is 18.7. The number of thiophene rings is 1. The molecule has 1 aliphatic rings. The molecule has 3 heterocycles. The van der Waals surface area contributed by atoms with Crippen molar-refractivity contribution < 1.29 is 4.74 Å². The van der Waals surface area contributed by atoms with Crippen LogP contribution in [0.5, 0.6) is 0 Å². The summed E-state index contributed by atoms with van der Waals surface area (Å²) in [5.74, 6) is 1.94. The lowest BCUT2D eigenvalue weighted by Gasteiger charge is -2.30. The Bertz CT molecular complexity index is 698. The van der Waals surface area contributed by atoms with Gasteiger partial charge in [-0.2, -0.15) is 0 Å². The second-order valence-electron chi connectivity index (χ2n) is 6.24. The standard InChI is InChI=1S/C19H27N5OS/c1-20-19(23(2)9-7-17-6-4-14-26-17)22-15-16-5-3-8-21-18(16)24-10-12-25-13-11-24/h3-6,8,14H,7,9-13,15H2,1-2H3,(H,20,22). The summed E-state index contributed by atoms with van der Waals surface area (Å²) in [7, 11) is 3.91. The molecule has 0 amide bonds. The Morgan fingerprint density at radius 1 is 1.35 bits per heavy atom. The Balaban J connectivity index is 1.58. The Morgan fingerprint density at radius 3 is 2.92 bits per heavy atom. The van der Waals surface area contributed by atoms with Crippen molar-refractivity contribution in [3.05, 3.63) is 46.3 Å². The van der Waals surface area contributed by atoms with E-state index in [1.807, 2.05) is 19.3 Å². The summed E-state index contributed by atoms with van der Waals surface area (Å²) in [6.45, 7) is 4.94. The number of nitrogens with one attached hydrogen (secondary N) is 1. The number of morpholine rings is 1. The maximum absolute atomic E-state index is 5.46. The molecule has 6 nitrogen and oxygen atoms in total. The maximum Gasteiger partial charge on any atom is 0.193 e. The van der Waals surface area contributed by atoms with Crippen LogP contribution in [0, 0.1) is 0 Å². The normalized spacial score (nSPS) is 15.2. The number of pyridine rings is 1. The number of nitrogens with zero attached hydrogens (tertiary/aromatic N) is 4. The molecule has 1 fully saturated rings. The van der Waals surface area contributed by atoms with Gasteiger partial charge in [0, 0.05) is 56.9 Å². The smallest absolute Gasteiger partial charge is 0.193 e. The molecule has 0 saturated carbocycles. The number of anilines is 1. The summed E-state index contributed by atoms with van der Waals surface area (Å²) in [6, 6.07) is 8.40. The molecule has 1 aliphatic heterocycles. The van der Waals surface area contributed by atoms with Crippen LogP contribution in [0.15, 0.2) is 40.8 Å². The van der Waals surface area contributed by atoms with Crippen molar-refractivity contribution in [2.75, 3.05) is 51.8 Å². The minimum Gasteiger partial charge on any atom is -0.378 e. The SMILES string of the molecule is CN=C(NCc1cccnc1N1CCOCC1)N(C)CCc1cccs1. The molecule has 1 saturated heterocycles. The quantitative estimate of drug-likeness (QED) is 0.622. The van der Waals surface area contributed by atoms with E-state index in [1.54, 1.807) is 11.3 Å². The van der Waals surface area contributed by atoms with Crippen molar-refractivity contribution in [2.24, 2.45) is 4.99 Å². The molecule has 26 heavy (non-hydrogen) atoms. The number of hydrogen-bond acceptors (Lipinski definition) is 5. The van der Waals surface area contributed by atoms with Gasteiger partial charge in [0.25, 0.3) is 0 Å². The van der Waals surface area contributed by atoms with Gasteiger partial charge in [-0.25, -0.2) is 4.98 Å². The highest BCUT2D eigenvalue weighted by atomic mass is 32.1. The van der Waals surface area contributed by atoms with Gasteiger partial charge in [0.2, 0.25) is 0 Å². The molecule has 0 unspecified atom stereocenters. The van der Waals surface area contributed by atoms with Crippen molar-refractivity contribution in [2.45, 2.75) is 13.0 Å². The van der Waals surface area contributed by atoms with Gasteiger partial charge in [-0.1, -0.05) is 12.1 Å². The predicted octanol–water partition coefficient (Wildman–Crippen LogP) is 2.23. The zero-order valence-corrected chi connectivity index (χ0v) is 16.3. The number of ether oxygens (including phenoxy) is 1. The van der Waals surface area contributed by atoms with Crippen molar-refractivity contribution in [1.82, 2.24) is 15.2 Å². The Morgan fingerprint density at radius 2 is 2.19 bits per heavy atom. The predicted molar refractivity (Wildman–Crippen MR) is 108 cm³/mol. The van der Waals surface area contributed by atoms with E-state index in [9.17, 15) is 0 Å². The van der Waals surface area contributed by atoms with Crippen LogP contribution in [0.25, 0.3) is 0 Å². The zero-order chi connectivity index (χ0) is 18.2. The number of guanidine groups is 1. The number of hydrogen-bond donors (Lipinski definition) is 1. The molecule has 2 aromatic rings. The first-order valence-corrected chi connectivity index (χ1v) is 9.86. The third-order valence-electron chi connectivity index (χ3n) is 4.46. The summed E-state index contributed by atoms with van der Waals surface area (Å²) in [6.07, 6.45) is 2.89. The fourth-order valence-corrected chi connectivity index (χ4v) is 3.72. The first-order valence-electron chi connectivity index (χ1n) is 8.98. The van der Waals surface area contributed by atoms with Crippen LogP contribution in [0.3, 0.4) is 0 Å². The van der Waals surface area contributed by atoms with Gasteiger partial charge < -0.3 is 19.9 Å². The second kappa shape index (κ2) is 9.54. The third kappa shape index (κ3) is 4.95. The lowest BCUT2D eigenvalue weighted by molar-refractivity contribution is 0.122. The molecule has 0 aromatic carbocycles. The third-order valence-corrected chi connectivity index (χ3v) is 5.40. The van der Waals surface area contributed by atoms with E-state index in [2.05, 4.69) is 55.7 Å². The fourth-order valence-electron chi connectivity index (χ4n) is 3.03. The average Bonchev–Trinajstić information content (AvgIpc) is 3.21. The molecule has 0 radical (unpaired) electrons. The van der Waals surface area contributed by atoms with Gasteiger partial charge in [0.1, 0.15) is 5.82 Å². The van der Waals surface area contributed by atoms with E-state index in [4.69, 9.17) is 4.74 Å². The van der Waals surface area contributed by atoms with E-state index >= 15 is 0 Å². The van der Waals surface area contributed by atoms with Gasteiger partial charge in [0.05, 0.1) is 13.2 Å². The largest absolute Gasteiger partial charge is 0.378 e. The number of aromatic nitrogens is 1. The summed E-state index contributed by atoms with van der Waals surface area (Å²) in [4.78, 5) is 14.9. The molecule has 1 N–H and O–H groups in total. The fraction of sp³-hybridized carbons (Fsp3) is 0.474. The zero-order valence-electron chi connectivity index (χ0n) is 15.5. The number of aliphatic imine (C=N–C) groups is 1. The molecule has 3 rings (SSSR count). The molecular formula is C19H27N5OS. The Kier molecular flexibility index (Phi) is 6.85. The molecule has 0 bridgehead atoms. The van der Waals surface area contributed by atoms with Crippen molar-refractivity contribution in [3.8, 4) is 0 Å². The van der Waals surface area contributed by atoms with Crippen LogP contribution in [-0.2, 0) is 17.7 Å². The van der Waals surface area contributed by atoms with E-state index in [-0.39, 0.29) is 0 Å². The van der Waals surface area contributed by atoms with Crippen LogP contribution in [0.4, 0.5) is 5.82 Å². The molecule has 0 atom stereocenters. The lowest BCUT2D eigenvalue weighted by atomic mass is 10.2. The van der Waals surface area contributed by atoms with Gasteiger partial charge in [0.15, 0.2) is 5.96 Å². The summed E-state index contributed by atoms with van der Waals surface area (Å²) >= 11 is 1.80. The second-order valence-corrected chi connectivity index (χ2v) is 7.27. The van der Waals surface area contributed by atoms with E-state index in [0.717, 1.165) is 51.0 Å². The van der Waals surface area contributed by atoms with Crippen LogP contribution in [0.2, 0.25) is 0 Å². The maximum atomic E-state index is 5.46. The monoisotopic (exact) mass is 373 g/mol. The number of rotatable bonds is 6. The summed E-state index contributed by atoms with van der Waals surface area (Å²) in [5, 5.41) is 5.60. The van der Waals surface area contributed by atoms with Gasteiger partial charge in [-0.15, -0.1) is 11.3 Å². The van der Waals surface area contributed by atoms with Crippen LogP contribution >= 0.6 is 11.3 Å². The van der Waals surface area contributed by atoms with Gasteiger partial charge >= 0.3 is 0 Å². The van der Waals surface area contributed by atoms with Gasteiger partial charge in [-0.05, 0) is 23.9 Å². The van der Waals surface area contributed by atoms with Crippen LogP contribution in [0.1, 0.15) is 10.4 Å². The molecule has 7 heteroatoms. The topological polar surface area (TPSA) is 53.0 Å². The minimum absolute atomic E-state index is 0.705. The van der Waals surface area contributed by atoms with E-state index in [1.165, 1.54) is 10.4 Å². The highest BCUT2D eigenvalue weighted by Crippen LogP contribution is 2.18. The van der Waals surface area contributed by atoms with Crippen molar-refractivity contribution >= 4 is 23.1 Å². The lowest BCUT2D eigenvalue weighted by Crippen LogP contribution is -2.40. The molecule has 0 aliphatic carbocycles. The molecule has 0 spiro atoms. The highest BCUT2D eigenvalue weighted by molar-refractivity contribution is 7.09. The van der Waals surface area contributed by atoms with E-state index < -0.39 is 0 Å². The molecule has 2 aromatic heterocycles. The summed E-state index contributed by atoms with van der Waals surface area (Å²) < 4.78 is 5.46. The first-order chi connectivity index (χ1) is 12.8. The number of likely N-dealkylation sites (N-methyl/N-ethyl adjacent to an activating group) is 1. The van der Waals surface area contributed by atoms with Crippen molar-refractivity contribution in [3.63, 3.8) is 0 Å². The van der Waals surface area contributed by atoms with Gasteiger partial charge in [-0.3, -0.25) is 4.99 Å². The highest BCUT2D eigenvalue weighted by Gasteiger charge is 2.16. The van der Waals surface area contributed by atoms with E-state index in [0.29, 0.717) is 6.54 Å². The molecule has 140 valence electrons. The van der Waals surface area contributed by atoms with Crippen LogP contribution in [-0.4, -0.2) is 62.8 Å². The average molecular weight is 374 g/mol. The Labute approximate surface area is 159 Å². The van der Waals surface area contributed by atoms with Crippen LogP contribution < -0.4 is 10.2 Å². The Hall–Kier alpha value is -2.12.